The van der Waals surface area contributed by atoms with E-state index in [4.69, 9.17) is 9.47 Å². The molecular weight excluding hydrogens is 218 g/mol. The van der Waals surface area contributed by atoms with Crippen molar-refractivity contribution in [3.63, 3.8) is 0 Å². The van der Waals surface area contributed by atoms with Gasteiger partial charge in [-0.25, -0.2) is 4.79 Å². The third-order valence-corrected chi connectivity index (χ3v) is 2.69. The standard InChI is InChI=1S/C13H17NO3/c1-2-14-9-10-5-3-4-6-11(10)17-12-7-8-16-13(12)15/h3-6,12,14H,2,7-9H2,1H3. The molecule has 0 bridgehead atoms. The van der Waals surface area contributed by atoms with Crippen molar-refractivity contribution in [3.8, 4) is 5.75 Å². The summed E-state index contributed by atoms with van der Waals surface area (Å²) in [5.41, 5.74) is 1.06. The Bertz CT molecular complexity index is 392. The molecule has 0 spiro atoms. The molecule has 0 saturated carbocycles. The molecule has 1 aromatic carbocycles. The molecule has 1 aliphatic heterocycles. The van der Waals surface area contributed by atoms with Gasteiger partial charge in [0.25, 0.3) is 0 Å². The molecule has 92 valence electrons. The quantitative estimate of drug-likeness (QED) is 0.785. The van der Waals surface area contributed by atoms with Gasteiger partial charge in [-0.2, -0.15) is 0 Å². The fraction of sp³-hybridized carbons (Fsp3) is 0.462. The summed E-state index contributed by atoms with van der Waals surface area (Å²) in [5.74, 6) is 0.501. The molecule has 0 amide bonds. The zero-order chi connectivity index (χ0) is 12.1. The highest BCUT2D eigenvalue weighted by atomic mass is 16.6. The first-order valence-electron chi connectivity index (χ1n) is 5.93. The summed E-state index contributed by atoms with van der Waals surface area (Å²) in [6.07, 6.45) is 0.187. The molecule has 4 nitrogen and oxygen atoms in total. The average molecular weight is 235 g/mol. The molecule has 1 fully saturated rings. The van der Waals surface area contributed by atoms with E-state index in [0.717, 1.165) is 24.4 Å². The minimum atomic E-state index is -0.447. The Labute approximate surface area is 101 Å². The van der Waals surface area contributed by atoms with E-state index in [1.165, 1.54) is 0 Å². The number of hydrogen-bond acceptors (Lipinski definition) is 4. The van der Waals surface area contributed by atoms with Crippen LogP contribution in [0.25, 0.3) is 0 Å². The van der Waals surface area contributed by atoms with Gasteiger partial charge in [0.05, 0.1) is 6.61 Å². The lowest BCUT2D eigenvalue weighted by Crippen LogP contribution is -2.23. The van der Waals surface area contributed by atoms with E-state index in [0.29, 0.717) is 13.0 Å². The normalized spacial score (nSPS) is 19.1. The van der Waals surface area contributed by atoms with Gasteiger partial charge in [0.15, 0.2) is 6.10 Å². The van der Waals surface area contributed by atoms with Gasteiger partial charge in [0.1, 0.15) is 5.75 Å². The van der Waals surface area contributed by atoms with Gasteiger partial charge in [0, 0.05) is 18.5 Å². The minimum absolute atomic E-state index is 0.261. The van der Waals surface area contributed by atoms with Crippen LogP contribution >= 0.6 is 0 Å². The Morgan fingerprint density at radius 3 is 3.00 bits per heavy atom. The van der Waals surface area contributed by atoms with E-state index in [1.807, 2.05) is 24.3 Å². The van der Waals surface area contributed by atoms with Gasteiger partial charge < -0.3 is 14.8 Å². The highest BCUT2D eigenvalue weighted by Gasteiger charge is 2.28. The van der Waals surface area contributed by atoms with E-state index >= 15 is 0 Å². The van der Waals surface area contributed by atoms with E-state index < -0.39 is 6.10 Å². The number of para-hydroxylation sites is 1. The van der Waals surface area contributed by atoms with Gasteiger partial charge in [-0.1, -0.05) is 25.1 Å². The van der Waals surface area contributed by atoms with Crippen LogP contribution in [0.4, 0.5) is 0 Å². The fourth-order valence-electron chi connectivity index (χ4n) is 1.76. The van der Waals surface area contributed by atoms with Crippen molar-refractivity contribution in [2.45, 2.75) is 26.0 Å². The number of cyclic esters (lactones) is 1. The van der Waals surface area contributed by atoms with Crippen molar-refractivity contribution in [2.24, 2.45) is 0 Å². The summed E-state index contributed by atoms with van der Waals surface area (Å²) >= 11 is 0. The second-order valence-electron chi connectivity index (χ2n) is 3.95. The number of esters is 1. The van der Waals surface area contributed by atoms with Crippen molar-refractivity contribution >= 4 is 5.97 Å². The first-order chi connectivity index (χ1) is 8.31. The third-order valence-electron chi connectivity index (χ3n) is 2.69. The topological polar surface area (TPSA) is 47.6 Å². The Morgan fingerprint density at radius 1 is 1.47 bits per heavy atom. The van der Waals surface area contributed by atoms with Crippen LogP contribution in [0.5, 0.6) is 5.75 Å². The van der Waals surface area contributed by atoms with Crippen molar-refractivity contribution in [1.29, 1.82) is 0 Å². The van der Waals surface area contributed by atoms with E-state index in [-0.39, 0.29) is 5.97 Å². The summed E-state index contributed by atoms with van der Waals surface area (Å²) in [6.45, 7) is 4.16. The molecule has 1 aliphatic rings. The molecule has 1 heterocycles. The zero-order valence-corrected chi connectivity index (χ0v) is 9.94. The summed E-state index contributed by atoms with van der Waals surface area (Å²) in [4.78, 5) is 11.3. The zero-order valence-electron chi connectivity index (χ0n) is 9.94. The van der Waals surface area contributed by atoms with Crippen LogP contribution in [0.15, 0.2) is 24.3 Å². The summed E-state index contributed by atoms with van der Waals surface area (Å²) in [6, 6.07) is 7.76. The number of nitrogens with one attached hydrogen (secondary N) is 1. The van der Waals surface area contributed by atoms with Crippen molar-refractivity contribution in [3.05, 3.63) is 29.8 Å². The van der Waals surface area contributed by atoms with E-state index in [1.54, 1.807) is 0 Å². The number of carbonyl (C=O) groups is 1. The maximum absolute atomic E-state index is 11.3. The maximum atomic E-state index is 11.3. The smallest absolute Gasteiger partial charge is 0.347 e. The van der Waals surface area contributed by atoms with Crippen LogP contribution < -0.4 is 10.1 Å². The molecule has 1 aromatic rings. The van der Waals surface area contributed by atoms with Crippen LogP contribution in [0.3, 0.4) is 0 Å². The largest absolute Gasteiger partial charge is 0.478 e. The lowest BCUT2D eigenvalue weighted by atomic mass is 10.2. The summed E-state index contributed by atoms with van der Waals surface area (Å²) in [5, 5.41) is 3.24. The number of hydrogen-bond donors (Lipinski definition) is 1. The second-order valence-corrected chi connectivity index (χ2v) is 3.95. The molecule has 4 heteroatoms. The highest BCUT2D eigenvalue weighted by molar-refractivity contribution is 5.76. The molecule has 2 rings (SSSR count). The molecule has 0 aromatic heterocycles. The highest BCUT2D eigenvalue weighted by Crippen LogP contribution is 2.22. The van der Waals surface area contributed by atoms with Gasteiger partial charge in [-0.05, 0) is 12.6 Å². The van der Waals surface area contributed by atoms with Crippen molar-refractivity contribution in [2.75, 3.05) is 13.2 Å². The molecular formula is C13H17NO3. The predicted molar refractivity (Wildman–Crippen MR) is 63.8 cm³/mol. The maximum Gasteiger partial charge on any atom is 0.347 e. The first kappa shape index (κ1) is 11.9. The average Bonchev–Trinajstić information content (AvgIpc) is 2.74. The van der Waals surface area contributed by atoms with Crippen LogP contribution in [0.2, 0.25) is 0 Å². The van der Waals surface area contributed by atoms with Gasteiger partial charge in [-0.15, -0.1) is 0 Å². The monoisotopic (exact) mass is 235 g/mol. The van der Waals surface area contributed by atoms with Crippen molar-refractivity contribution in [1.82, 2.24) is 5.32 Å². The first-order valence-corrected chi connectivity index (χ1v) is 5.93. The molecule has 1 atom stereocenters. The second kappa shape index (κ2) is 5.68. The lowest BCUT2D eigenvalue weighted by Gasteiger charge is -2.14. The molecule has 1 unspecified atom stereocenters. The SMILES string of the molecule is CCNCc1ccccc1OC1CCOC1=O. The molecule has 1 saturated heterocycles. The van der Waals surface area contributed by atoms with Gasteiger partial charge >= 0.3 is 5.97 Å². The minimum Gasteiger partial charge on any atom is -0.478 e. The van der Waals surface area contributed by atoms with Crippen LogP contribution in [-0.4, -0.2) is 25.2 Å². The Balaban J connectivity index is 2.06. The number of rotatable bonds is 5. The third kappa shape index (κ3) is 2.97. The summed E-state index contributed by atoms with van der Waals surface area (Å²) < 4.78 is 10.6. The van der Waals surface area contributed by atoms with Crippen LogP contribution in [0, 0.1) is 0 Å². The lowest BCUT2D eigenvalue weighted by molar-refractivity contribution is -0.143. The molecule has 0 radical (unpaired) electrons. The van der Waals surface area contributed by atoms with Crippen molar-refractivity contribution < 1.29 is 14.3 Å². The van der Waals surface area contributed by atoms with Crippen LogP contribution in [0.1, 0.15) is 18.9 Å². The predicted octanol–water partition coefficient (Wildman–Crippen LogP) is 1.49. The molecule has 0 aliphatic carbocycles. The molecule has 1 N–H and O–H groups in total. The number of benzene rings is 1. The van der Waals surface area contributed by atoms with E-state index in [9.17, 15) is 4.79 Å². The Hall–Kier alpha value is -1.55. The van der Waals surface area contributed by atoms with Gasteiger partial charge in [-0.3, -0.25) is 0 Å². The van der Waals surface area contributed by atoms with Crippen LogP contribution in [-0.2, 0) is 16.1 Å². The van der Waals surface area contributed by atoms with Gasteiger partial charge in [0.2, 0.25) is 0 Å². The number of carbonyl (C=O) groups excluding carboxylic acids is 1. The molecule has 17 heavy (non-hydrogen) atoms. The fourth-order valence-corrected chi connectivity index (χ4v) is 1.76. The number of ether oxygens (including phenoxy) is 2. The Morgan fingerprint density at radius 2 is 2.29 bits per heavy atom. The summed E-state index contributed by atoms with van der Waals surface area (Å²) in [7, 11) is 0. The Kier molecular flexibility index (Phi) is 3.98. The van der Waals surface area contributed by atoms with E-state index in [2.05, 4.69) is 12.2 Å².